The summed E-state index contributed by atoms with van der Waals surface area (Å²) in [5, 5.41) is 0. The van der Waals surface area contributed by atoms with Crippen LogP contribution in [0, 0.1) is 0 Å². The van der Waals surface area contributed by atoms with Gasteiger partial charge >= 0.3 is 0 Å². The Labute approximate surface area is 109 Å². The molecule has 88 valence electrons. The molecule has 1 aromatic heterocycles. The van der Waals surface area contributed by atoms with Crippen LogP contribution in [0.25, 0.3) is 0 Å². The van der Waals surface area contributed by atoms with Gasteiger partial charge in [-0.1, -0.05) is 34.1 Å². The zero-order valence-corrected chi connectivity index (χ0v) is 11.1. The third-order valence-electron chi connectivity index (χ3n) is 2.42. The lowest BCUT2D eigenvalue weighted by molar-refractivity contribution is 0.890. The minimum absolute atomic E-state index is 0.293. The summed E-state index contributed by atoms with van der Waals surface area (Å²) in [7, 11) is 1.97. The van der Waals surface area contributed by atoms with E-state index in [0.717, 1.165) is 16.8 Å². The van der Waals surface area contributed by atoms with Crippen LogP contribution in [0.15, 0.2) is 41.0 Å². The number of benzene rings is 1. The van der Waals surface area contributed by atoms with Gasteiger partial charge in [0, 0.05) is 24.3 Å². The van der Waals surface area contributed by atoms with Gasteiger partial charge in [0.15, 0.2) is 0 Å². The quantitative estimate of drug-likeness (QED) is 0.944. The van der Waals surface area contributed by atoms with Gasteiger partial charge in [-0.3, -0.25) is 0 Å². The smallest absolute Gasteiger partial charge is 0.221 e. The van der Waals surface area contributed by atoms with E-state index in [2.05, 4.69) is 32.0 Å². The van der Waals surface area contributed by atoms with E-state index in [-0.39, 0.29) is 0 Å². The molecule has 17 heavy (non-hydrogen) atoms. The maximum absolute atomic E-state index is 5.56. The van der Waals surface area contributed by atoms with Gasteiger partial charge in [-0.25, -0.2) is 4.98 Å². The van der Waals surface area contributed by atoms with Crippen LogP contribution in [0.2, 0.25) is 0 Å². The maximum atomic E-state index is 5.56. The number of hydrogen-bond acceptors (Lipinski definition) is 4. The van der Waals surface area contributed by atoms with Crippen LogP contribution in [-0.4, -0.2) is 17.0 Å². The van der Waals surface area contributed by atoms with Crippen molar-refractivity contribution in [3.05, 3.63) is 46.6 Å². The summed E-state index contributed by atoms with van der Waals surface area (Å²) >= 11 is 3.53. The SMILES string of the molecule is CN(Cc1ccccc1Br)c1ccnc(N)n1. The molecule has 2 rings (SSSR count). The zero-order chi connectivity index (χ0) is 12.3. The van der Waals surface area contributed by atoms with E-state index in [4.69, 9.17) is 5.73 Å². The summed E-state index contributed by atoms with van der Waals surface area (Å²) in [5.74, 6) is 1.11. The number of nitrogens with two attached hydrogens (primary N) is 1. The summed E-state index contributed by atoms with van der Waals surface area (Å²) < 4.78 is 1.09. The minimum Gasteiger partial charge on any atom is -0.368 e. The first-order chi connectivity index (χ1) is 8.16. The van der Waals surface area contributed by atoms with Gasteiger partial charge in [0.25, 0.3) is 0 Å². The highest BCUT2D eigenvalue weighted by Crippen LogP contribution is 2.19. The fraction of sp³-hybridized carbons (Fsp3) is 0.167. The second-order valence-electron chi connectivity index (χ2n) is 3.72. The van der Waals surface area contributed by atoms with Crippen molar-refractivity contribution in [3.63, 3.8) is 0 Å². The number of hydrogen-bond donors (Lipinski definition) is 1. The second kappa shape index (κ2) is 5.14. The van der Waals surface area contributed by atoms with E-state index < -0.39 is 0 Å². The largest absolute Gasteiger partial charge is 0.368 e. The first kappa shape index (κ1) is 11.9. The molecule has 0 amide bonds. The Morgan fingerprint density at radius 3 is 2.76 bits per heavy atom. The number of anilines is 2. The third kappa shape index (κ3) is 2.94. The predicted octanol–water partition coefficient (Wildman–Crippen LogP) is 2.46. The predicted molar refractivity (Wildman–Crippen MR) is 72.7 cm³/mol. The van der Waals surface area contributed by atoms with Crippen LogP contribution in [0.5, 0.6) is 0 Å². The van der Waals surface area contributed by atoms with Crippen molar-refractivity contribution in [1.29, 1.82) is 0 Å². The van der Waals surface area contributed by atoms with Gasteiger partial charge in [0.2, 0.25) is 5.95 Å². The Bertz CT molecular complexity index is 515. The van der Waals surface area contributed by atoms with E-state index in [0.29, 0.717) is 5.95 Å². The van der Waals surface area contributed by atoms with Gasteiger partial charge in [-0.15, -0.1) is 0 Å². The molecule has 0 unspecified atom stereocenters. The third-order valence-corrected chi connectivity index (χ3v) is 3.19. The van der Waals surface area contributed by atoms with Gasteiger partial charge < -0.3 is 10.6 Å². The van der Waals surface area contributed by atoms with Crippen molar-refractivity contribution in [1.82, 2.24) is 9.97 Å². The molecule has 1 aromatic carbocycles. The molecule has 0 atom stereocenters. The van der Waals surface area contributed by atoms with Crippen LogP contribution < -0.4 is 10.6 Å². The summed E-state index contributed by atoms with van der Waals surface area (Å²) in [6.45, 7) is 0.762. The molecule has 0 aliphatic rings. The van der Waals surface area contributed by atoms with Crippen LogP contribution >= 0.6 is 15.9 Å². The Hall–Kier alpha value is -1.62. The highest BCUT2D eigenvalue weighted by Gasteiger charge is 2.06. The maximum Gasteiger partial charge on any atom is 0.221 e. The summed E-state index contributed by atoms with van der Waals surface area (Å²) in [6.07, 6.45) is 1.66. The summed E-state index contributed by atoms with van der Waals surface area (Å²) in [4.78, 5) is 10.1. The average molecular weight is 293 g/mol. The molecular formula is C12H13BrN4. The summed E-state index contributed by atoms with van der Waals surface area (Å²) in [5.41, 5.74) is 6.76. The molecule has 0 spiro atoms. The molecule has 4 nitrogen and oxygen atoms in total. The lowest BCUT2D eigenvalue weighted by Crippen LogP contribution is -2.18. The molecule has 0 aliphatic heterocycles. The normalized spacial score (nSPS) is 10.2. The van der Waals surface area contributed by atoms with E-state index in [1.54, 1.807) is 6.20 Å². The molecule has 1 heterocycles. The van der Waals surface area contributed by atoms with E-state index in [1.807, 2.05) is 36.2 Å². The molecule has 0 radical (unpaired) electrons. The Balaban J connectivity index is 2.17. The molecule has 2 aromatic rings. The average Bonchev–Trinajstić information content (AvgIpc) is 2.32. The Kier molecular flexibility index (Phi) is 3.58. The molecule has 0 saturated heterocycles. The van der Waals surface area contributed by atoms with E-state index >= 15 is 0 Å². The van der Waals surface area contributed by atoms with Crippen molar-refractivity contribution in [2.45, 2.75) is 6.54 Å². The number of rotatable bonds is 3. The fourth-order valence-electron chi connectivity index (χ4n) is 1.54. The number of halogens is 1. The van der Waals surface area contributed by atoms with Gasteiger partial charge in [-0.05, 0) is 17.7 Å². The topological polar surface area (TPSA) is 55.0 Å². The minimum atomic E-state index is 0.293. The molecule has 0 saturated carbocycles. The fourth-order valence-corrected chi connectivity index (χ4v) is 1.95. The number of aromatic nitrogens is 2. The molecule has 2 N–H and O–H groups in total. The van der Waals surface area contributed by atoms with Crippen molar-refractivity contribution in [2.75, 3.05) is 17.7 Å². The Morgan fingerprint density at radius 2 is 2.06 bits per heavy atom. The van der Waals surface area contributed by atoms with Crippen LogP contribution in [0.4, 0.5) is 11.8 Å². The highest BCUT2D eigenvalue weighted by atomic mass is 79.9. The second-order valence-corrected chi connectivity index (χ2v) is 4.57. The van der Waals surface area contributed by atoms with E-state index in [1.165, 1.54) is 5.56 Å². The molecular weight excluding hydrogens is 280 g/mol. The zero-order valence-electron chi connectivity index (χ0n) is 9.47. The first-order valence-electron chi connectivity index (χ1n) is 5.20. The lowest BCUT2D eigenvalue weighted by atomic mass is 10.2. The van der Waals surface area contributed by atoms with Crippen molar-refractivity contribution < 1.29 is 0 Å². The van der Waals surface area contributed by atoms with Crippen LogP contribution in [0.1, 0.15) is 5.56 Å². The van der Waals surface area contributed by atoms with Crippen molar-refractivity contribution >= 4 is 27.7 Å². The van der Waals surface area contributed by atoms with Crippen molar-refractivity contribution in [3.8, 4) is 0 Å². The number of nitrogens with zero attached hydrogens (tertiary/aromatic N) is 3. The van der Waals surface area contributed by atoms with Gasteiger partial charge in [0.1, 0.15) is 5.82 Å². The molecule has 0 bridgehead atoms. The van der Waals surface area contributed by atoms with Crippen LogP contribution in [-0.2, 0) is 6.54 Å². The summed E-state index contributed by atoms with van der Waals surface area (Å²) in [6, 6.07) is 9.95. The van der Waals surface area contributed by atoms with Crippen LogP contribution in [0.3, 0.4) is 0 Å². The lowest BCUT2D eigenvalue weighted by Gasteiger charge is -2.18. The standard InChI is InChI=1S/C12H13BrN4/c1-17(11-6-7-15-12(14)16-11)8-9-4-2-3-5-10(9)13/h2-7H,8H2,1H3,(H2,14,15,16). The monoisotopic (exact) mass is 292 g/mol. The van der Waals surface area contributed by atoms with Gasteiger partial charge in [-0.2, -0.15) is 4.98 Å². The molecule has 0 fully saturated rings. The Morgan fingerprint density at radius 1 is 1.29 bits per heavy atom. The van der Waals surface area contributed by atoms with Gasteiger partial charge in [0.05, 0.1) is 0 Å². The number of nitrogen functional groups attached to an aromatic ring is 1. The highest BCUT2D eigenvalue weighted by molar-refractivity contribution is 9.10. The molecule has 5 heteroatoms. The molecule has 0 aliphatic carbocycles. The van der Waals surface area contributed by atoms with Crippen molar-refractivity contribution in [2.24, 2.45) is 0 Å². The van der Waals surface area contributed by atoms with E-state index in [9.17, 15) is 0 Å². The first-order valence-corrected chi connectivity index (χ1v) is 5.99.